The Balaban J connectivity index is 2.03. The molecule has 0 spiro atoms. The number of rotatable bonds is 1. The summed E-state index contributed by atoms with van der Waals surface area (Å²) in [6, 6.07) is 0.288. The first-order valence-electron chi connectivity index (χ1n) is 5.48. The van der Waals surface area contributed by atoms with Gasteiger partial charge in [0, 0.05) is 38.3 Å². The van der Waals surface area contributed by atoms with Gasteiger partial charge in [-0.2, -0.15) is 0 Å². The minimum absolute atomic E-state index is 0.0537. The van der Waals surface area contributed by atoms with E-state index in [-0.39, 0.29) is 24.0 Å². The fraction of sp³-hybridized carbons (Fsp3) is 0.818. The van der Waals surface area contributed by atoms with Crippen LogP contribution in [0.5, 0.6) is 0 Å². The first-order valence-corrected chi connectivity index (χ1v) is 5.48. The van der Waals surface area contributed by atoms with Crippen LogP contribution in [0, 0.1) is 5.92 Å². The molecule has 4 nitrogen and oxygen atoms in total. The second kappa shape index (κ2) is 3.93. The molecule has 0 radical (unpaired) electrons. The Morgan fingerprint density at radius 2 is 2.20 bits per heavy atom. The quantitative estimate of drug-likeness (QED) is 0.596. The van der Waals surface area contributed by atoms with Crippen LogP contribution in [0.25, 0.3) is 0 Å². The van der Waals surface area contributed by atoms with E-state index in [4.69, 9.17) is 4.74 Å². The number of ether oxygens (including phenoxy) is 1. The smallest absolute Gasteiger partial charge is 0.302 e. The van der Waals surface area contributed by atoms with Crippen LogP contribution in [0.4, 0.5) is 0 Å². The van der Waals surface area contributed by atoms with Gasteiger partial charge in [0.2, 0.25) is 0 Å². The minimum atomic E-state index is -0.242. The first kappa shape index (κ1) is 10.6. The van der Waals surface area contributed by atoms with E-state index in [9.17, 15) is 9.59 Å². The Morgan fingerprint density at radius 3 is 2.80 bits per heavy atom. The van der Waals surface area contributed by atoms with Crippen molar-refractivity contribution in [2.75, 3.05) is 13.6 Å². The molecule has 0 aromatic heterocycles. The fourth-order valence-electron chi connectivity index (χ4n) is 2.77. The van der Waals surface area contributed by atoms with E-state index in [0.717, 1.165) is 13.0 Å². The van der Waals surface area contributed by atoms with Crippen molar-refractivity contribution in [1.82, 2.24) is 4.90 Å². The molecule has 1 saturated heterocycles. The van der Waals surface area contributed by atoms with Gasteiger partial charge < -0.3 is 9.64 Å². The highest BCUT2D eigenvalue weighted by molar-refractivity contribution is 5.83. The number of piperidine rings is 1. The van der Waals surface area contributed by atoms with Crippen molar-refractivity contribution in [3.63, 3.8) is 0 Å². The molecule has 1 aliphatic carbocycles. The number of likely N-dealkylation sites (tertiary alicyclic amines) is 1. The molecule has 0 bridgehead atoms. The summed E-state index contributed by atoms with van der Waals surface area (Å²) < 4.78 is 5.18. The van der Waals surface area contributed by atoms with E-state index in [2.05, 4.69) is 4.90 Å². The number of hydrogen-bond acceptors (Lipinski definition) is 4. The average Bonchev–Trinajstić information content (AvgIpc) is 2.55. The van der Waals surface area contributed by atoms with Gasteiger partial charge in [-0.25, -0.2) is 0 Å². The molecule has 1 aliphatic heterocycles. The third kappa shape index (κ3) is 2.04. The lowest BCUT2D eigenvalue weighted by molar-refractivity contribution is -0.146. The summed E-state index contributed by atoms with van der Waals surface area (Å²) >= 11 is 0. The van der Waals surface area contributed by atoms with E-state index in [1.807, 2.05) is 7.05 Å². The van der Waals surface area contributed by atoms with Crippen LogP contribution in [-0.2, 0) is 14.3 Å². The SMILES string of the molecule is CC(=O)O[C@H]1C[C@@H]2C(=O)CCN(C)[C@@H]2C1. The van der Waals surface area contributed by atoms with Crippen LogP contribution in [0.3, 0.4) is 0 Å². The van der Waals surface area contributed by atoms with Crippen LogP contribution in [0.1, 0.15) is 26.2 Å². The van der Waals surface area contributed by atoms with E-state index in [1.165, 1.54) is 6.92 Å². The van der Waals surface area contributed by atoms with Gasteiger partial charge >= 0.3 is 5.97 Å². The molecule has 0 unspecified atom stereocenters. The summed E-state index contributed by atoms with van der Waals surface area (Å²) in [5.41, 5.74) is 0. The molecule has 3 atom stereocenters. The molecule has 84 valence electrons. The average molecular weight is 211 g/mol. The molecule has 1 saturated carbocycles. The van der Waals surface area contributed by atoms with Crippen molar-refractivity contribution in [3.05, 3.63) is 0 Å². The fourth-order valence-corrected chi connectivity index (χ4v) is 2.77. The number of carbonyl (C=O) groups excluding carboxylic acids is 2. The maximum Gasteiger partial charge on any atom is 0.302 e. The highest BCUT2D eigenvalue weighted by Gasteiger charge is 2.44. The van der Waals surface area contributed by atoms with Gasteiger partial charge in [-0.1, -0.05) is 0 Å². The van der Waals surface area contributed by atoms with Crippen molar-refractivity contribution < 1.29 is 14.3 Å². The zero-order valence-electron chi connectivity index (χ0n) is 9.23. The molecule has 2 aliphatic rings. The summed E-state index contributed by atoms with van der Waals surface area (Å²) in [5, 5.41) is 0. The number of nitrogens with zero attached hydrogens (tertiary/aromatic N) is 1. The largest absolute Gasteiger partial charge is 0.462 e. The molecule has 2 fully saturated rings. The summed E-state index contributed by atoms with van der Waals surface area (Å²) in [7, 11) is 2.04. The lowest BCUT2D eigenvalue weighted by Gasteiger charge is -2.33. The van der Waals surface area contributed by atoms with Crippen LogP contribution < -0.4 is 0 Å². The maximum absolute atomic E-state index is 11.7. The van der Waals surface area contributed by atoms with Gasteiger partial charge in [-0.3, -0.25) is 9.59 Å². The van der Waals surface area contributed by atoms with Gasteiger partial charge in [0.05, 0.1) is 0 Å². The number of ketones is 1. The van der Waals surface area contributed by atoms with Crippen molar-refractivity contribution >= 4 is 11.8 Å². The van der Waals surface area contributed by atoms with Crippen molar-refractivity contribution in [2.45, 2.75) is 38.3 Å². The molecule has 0 N–H and O–H groups in total. The Kier molecular flexibility index (Phi) is 2.78. The molecular formula is C11H17NO3. The third-order valence-electron chi connectivity index (χ3n) is 3.51. The standard InChI is InChI=1S/C11H17NO3/c1-7(13)15-8-5-9-10(6-8)12(2)4-3-11(9)14/h8-10H,3-6H2,1-2H3/t8-,9-,10+/m0/s1. The second-order valence-corrected chi connectivity index (χ2v) is 4.57. The normalized spacial score (nSPS) is 36.4. The number of carbonyl (C=O) groups is 2. The Labute approximate surface area is 89.6 Å². The van der Waals surface area contributed by atoms with Gasteiger partial charge in [0.1, 0.15) is 11.9 Å². The highest BCUT2D eigenvalue weighted by Crippen LogP contribution is 2.35. The molecule has 1 heterocycles. The summed E-state index contributed by atoms with van der Waals surface area (Å²) in [6.07, 6.45) is 2.12. The zero-order chi connectivity index (χ0) is 11.0. The molecule has 15 heavy (non-hydrogen) atoms. The Morgan fingerprint density at radius 1 is 1.47 bits per heavy atom. The summed E-state index contributed by atoms with van der Waals surface area (Å²) in [6.45, 7) is 2.26. The van der Waals surface area contributed by atoms with Crippen LogP contribution in [0.15, 0.2) is 0 Å². The molecule has 0 aromatic rings. The van der Waals surface area contributed by atoms with Gasteiger partial charge in [0.25, 0.3) is 0 Å². The monoisotopic (exact) mass is 211 g/mol. The summed E-state index contributed by atoms with van der Waals surface area (Å²) in [4.78, 5) is 24.8. The zero-order valence-corrected chi connectivity index (χ0v) is 9.23. The van der Waals surface area contributed by atoms with Crippen LogP contribution in [0.2, 0.25) is 0 Å². The first-order chi connectivity index (χ1) is 7.08. The Hall–Kier alpha value is -0.900. The summed E-state index contributed by atoms with van der Waals surface area (Å²) in [5.74, 6) is 0.189. The maximum atomic E-state index is 11.7. The number of esters is 1. The van der Waals surface area contributed by atoms with Crippen molar-refractivity contribution in [1.29, 1.82) is 0 Å². The van der Waals surface area contributed by atoms with E-state index in [1.54, 1.807) is 0 Å². The van der Waals surface area contributed by atoms with Crippen molar-refractivity contribution in [3.8, 4) is 0 Å². The Bertz CT molecular complexity index is 290. The predicted octanol–water partition coefficient (Wildman–Crippen LogP) is 0.601. The predicted molar refractivity (Wildman–Crippen MR) is 54.3 cm³/mol. The number of fused-ring (bicyclic) bond motifs is 1. The molecule has 0 aromatic carbocycles. The van der Waals surface area contributed by atoms with Crippen molar-refractivity contribution in [2.24, 2.45) is 5.92 Å². The van der Waals surface area contributed by atoms with E-state index >= 15 is 0 Å². The molecule has 0 amide bonds. The van der Waals surface area contributed by atoms with E-state index < -0.39 is 0 Å². The molecule has 2 rings (SSSR count). The number of hydrogen-bond donors (Lipinski definition) is 0. The van der Waals surface area contributed by atoms with Gasteiger partial charge in [-0.15, -0.1) is 0 Å². The number of Topliss-reactive ketones (excluding diaryl/α,β-unsaturated/α-hetero) is 1. The van der Waals surface area contributed by atoms with Gasteiger partial charge in [0.15, 0.2) is 0 Å². The lowest BCUT2D eigenvalue weighted by atomic mass is 9.91. The third-order valence-corrected chi connectivity index (χ3v) is 3.51. The topological polar surface area (TPSA) is 46.6 Å². The lowest BCUT2D eigenvalue weighted by Crippen LogP contribution is -2.44. The highest BCUT2D eigenvalue weighted by atomic mass is 16.5. The molecule has 4 heteroatoms. The molecular weight excluding hydrogens is 194 g/mol. The van der Waals surface area contributed by atoms with Crippen LogP contribution in [-0.4, -0.2) is 42.4 Å². The van der Waals surface area contributed by atoms with E-state index in [0.29, 0.717) is 18.6 Å². The minimum Gasteiger partial charge on any atom is -0.462 e. The second-order valence-electron chi connectivity index (χ2n) is 4.57. The van der Waals surface area contributed by atoms with Crippen LogP contribution >= 0.6 is 0 Å². The van der Waals surface area contributed by atoms with Gasteiger partial charge in [-0.05, 0) is 13.5 Å².